The lowest BCUT2D eigenvalue weighted by Gasteiger charge is -2.11. The second-order valence-corrected chi connectivity index (χ2v) is 11.0. The van der Waals surface area contributed by atoms with Gasteiger partial charge in [0, 0.05) is 22.9 Å². The molecule has 0 bridgehead atoms. The van der Waals surface area contributed by atoms with Gasteiger partial charge in [-0.1, -0.05) is 60.3 Å². The highest BCUT2D eigenvalue weighted by Crippen LogP contribution is 2.37. The number of hydrogen-bond donors (Lipinski definition) is 1. The van der Waals surface area contributed by atoms with E-state index in [0.29, 0.717) is 10.7 Å². The third-order valence-corrected chi connectivity index (χ3v) is 8.12. The third kappa shape index (κ3) is 5.00. The average Bonchev–Trinajstić information content (AvgIpc) is 3.26. The largest absolute Gasteiger partial charge is 0.426 e. The second-order valence-electron chi connectivity index (χ2n) is 8.33. The summed E-state index contributed by atoms with van der Waals surface area (Å²) < 4.78 is 71.1. The van der Waals surface area contributed by atoms with Crippen molar-refractivity contribution in [3.05, 3.63) is 102 Å². The zero-order valence-electron chi connectivity index (χ0n) is 20.2. The topological polar surface area (TPSA) is 98.0 Å². The van der Waals surface area contributed by atoms with Gasteiger partial charge in [0.25, 0.3) is 0 Å². The lowest BCUT2D eigenvalue weighted by molar-refractivity contribution is 0.195. The maximum Gasteiger partial charge on any atom is 0.188 e. The zero-order chi connectivity index (χ0) is 27.7. The number of thioether (sulfide) groups is 1. The van der Waals surface area contributed by atoms with E-state index in [9.17, 15) is 22.4 Å². The molecule has 0 spiro atoms. The van der Waals surface area contributed by atoms with E-state index in [2.05, 4.69) is 15.0 Å². The van der Waals surface area contributed by atoms with Gasteiger partial charge in [0.15, 0.2) is 20.8 Å². The summed E-state index contributed by atoms with van der Waals surface area (Å²) in [5.41, 5.74) is 0.332. The quantitative estimate of drug-likeness (QED) is 0.146. The molecule has 0 saturated heterocycles. The zero-order valence-corrected chi connectivity index (χ0v) is 21.8. The minimum absolute atomic E-state index is 0.0177. The van der Waals surface area contributed by atoms with Crippen molar-refractivity contribution in [3.63, 3.8) is 0 Å². The molecule has 7 nitrogen and oxygen atoms in total. The monoisotopic (exact) mass is 568 g/mol. The van der Waals surface area contributed by atoms with Crippen LogP contribution in [0.2, 0.25) is 0 Å². The van der Waals surface area contributed by atoms with E-state index >= 15 is 4.39 Å². The summed E-state index contributed by atoms with van der Waals surface area (Å²) in [4.78, 5) is 11.9. The van der Waals surface area contributed by atoms with Crippen LogP contribution in [0.5, 0.6) is 0 Å². The molecule has 0 fully saturated rings. The van der Waals surface area contributed by atoms with E-state index < -0.39 is 37.9 Å². The standard InChI is InChI=1S/C27H19F3N4O3S2/c1-38-27-31-14-13-21(32-27)24-23(33-26(34(24)35)16-7-3-2-4-8-16)18-10-5-9-17(22(18)30)15-39(36,37)25-19(28)11-6-12-20(25)29/h2-14,35H,15H2,1H3. The van der Waals surface area contributed by atoms with Gasteiger partial charge in [-0.05, 0) is 30.5 Å². The Bertz CT molecular complexity index is 1780. The lowest BCUT2D eigenvalue weighted by Crippen LogP contribution is -2.11. The fraction of sp³-hybridized carbons (Fsp3) is 0.0741. The number of rotatable bonds is 7. The van der Waals surface area contributed by atoms with Gasteiger partial charge in [-0.15, -0.1) is 0 Å². The summed E-state index contributed by atoms with van der Waals surface area (Å²) >= 11 is 1.26. The first-order valence-corrected chi connectivity index (χ1v) is 14.3. The van der Waals surface area contributed by atoms with Gasteiger partial charge in [0.2, 0.25) is 0 Å². The number of sulfone groups is 1. The highest BCUT2D eigenvalue weighted by Gasteiger charge is 2.29. The summed E-state index contributed by atoms with van der Waals surface area (Å²) in [5.74, 6) is -4.43. The van der Waals surface area contributed by atoms with Crippen LogP contribution >= 0.6 is 11.8 Å². The maximum absolute atomic E-state index is 16.0. The van der Waals surface area contributed by atoms with Crippen LogP contribution in [-0.2, 0) is 15.6 Å². The Labute approximate surface area is 225 Å². The van der Waals surface area contributed by atoms with Crippen molar-refractivity contribution in [2.24, 2.45) is 0 Å². The fourth-order valence-electron chi connectivity index (χ4n) is 4.11. The minimum atomic E-state index is -4.60. The Balaban J connectivity index is 1.68. The Morgan fingerprint density at radius 1 is 0.897 bits per heavy atom. The van der Waals surface area contributed by atoms with Crippen molar-refractivity contribution in [2.75, 3.05) is 6.26 Å². The molecule has 0 unspecified atom stereocenters. The van der Waals surface area contributed by atoms with Gasteiger partial charge in [-0.2, -0.15) is 4.73 Å². The Morgan fingerprint density at radius 3 is 2.28 bits per heavy atom. The lowest BCUT2D eigenvalue weighted by atomic mass is 10.0. The van der Waals surface area contributed by atoms with Crippen LogP contribution in [0.25, 0.3) is 34.0 Å². The summed E-state index contributed by atoms with van der Waals surface area (Å²) in [6.07, 6.45) is 3.25. The summed E-state index contributed by atoms with van der Waals surface area (Å²) in [6.45, 7) is 0. The highest BCUT2D eigenvalue weighted by atomic mass is 32.2. The number of halogens is 3. The van der Waals surface area contributed by atoms with Crippen LogP contribution in [0, 0.1) is 17.5 Å². The molecule has 12 heteroatoms. The molecule has 0 atom stereocenters. The molecular formula is C27H19F3N4O3S2. The van der Waals surface area contributed by atoms with Crippen LogP contribution in [0.3, 0.4) is 0 Å². The Morgan fingerprint density at radius 2 is 1.59 bits per heavy atom. The molecular weight excluding hydrogens is 549 g/mol. The van der Waals surface area contributed by atoms with Crippen LogP contribution in [0.1, 0.15) is 5.56 Å². The first-order valence-electron chi connectivity index (χ1n) is 11.4. The van der Waals surface area contributed by atoms with E-state index in [4.69, 9.17) is 0 Å². The van der Waals surface area contributed by atoms with Crippen molar-refractivity contribution in [3.8, 4) is 34.0 Å². The molecule has 0 aliphatic carbocycles. The van der Waals surface area contributed by atoms with Gasteiger partial charge in [0.1, 0.15) is 33.7 Å². The average molecular weight is 569 g/mol. The SMILES string of the molecule is CSc1nccc(-c2c(-c3cccc(CS(=O)(=O)c4c(F)cccc4F)c3F)nc(-c3ccccc3)n2O)n1. The molecule has 1 N–H and O–H groups in total. The first-order chi connectivity index (χ1) is 18.7. The van der Waals surface area contributed by atoms with Gasteiger partial charge in [-0.3, -0.25) is 0 Å². The summed E-state index contributed by atoms with van der Waals surface area (Å²) in [7, 11) is -4.60. The molecule has 2 aromatic heterocycles. The number of imidazole rings is 1. The van der Waals surface area contributed by atoms with Gasteiger partial charge >= 0.3 is 0 Å². The third-order valence-electron chi connectivity index (χ3n) is 5.85. The van der Waals surface area contributed by atoms with Gasteiger partial charge in [0.05, 0.1) is 11.4 Å². The fourth-order valence-corrected chi connectivity index (χ4v) is 5.97. The normalized spacial score (nSPS) is 11.6. The minimum Gasteiger partial charge on any atom is -0.426 e. The van der Waals surface area contributed by atoms with E-state index in [1.807, 2.05) is 0 Å². The number of nitrogens with zero attached hydrogens (tertiary/aromatic N) is 4. The molecule has 5 rings (SSSR count). The number of hydrogen-bond acceptors (Lipinski definition) is 7. The molecule has 198 valence electrons. The number of aromatic nitrogens is 4. The van der Waals surface area contributed by atoms with Crippen LogP contribution in [0.15, 0.2) is 89.0 Å². The maximum atomic E-state index is 16.0. The van der Waals surface area contributed by atoms with Crippen molar-refractivity contribution in [1.82, 2.24) is 19.7 Å². The van der Waals surface area contributed by atoms with E-state index in [1.54, 1.807) is 36.6 Å². The predicted molar refractivity (Wildman–Crippen MR) is 140 cm³/mol. The van der Waals surface area contributed by atoms with Crippen molar-refractivity contribution >= 4 is 21.6 Å². The predicted octanol–water partition coefficient (Wildman–Crippen LogP) is 6.02. The van der Waals surface area contributed by atoms with Crippen LogP contribution in [-0.4, -0.2) is 39.6 Å². The Hall–Kier alpha value is -4.16. The molecule has 3 aromatic carbocycles. The van der Waals surface area contributed by atoms with E-state index in [0.717, 1.165) is 22.9 Å². The van der Waals surface area contributed by atoms with Crippen molar-refractivity contribution in [2.45, 2.75) is 15.8 Å². The molecule has 5 aromatic rings. The molecule has 0 aliphatic rings. The molecule has 0 radical (unpaired) electrons. The summed E-state index contributed by atoms with van der Waals surface area (Å²) in [6, 6.07) is 16.9. The van der Waals surface area contributed by atoms with Crippen LogP contribution < -0.4 is 0 Å². The number of benzene rings is 3. The molecule has 0 aliphatic heterocycles. The summed E-state index contributed by atoms with van der Waals surface area (Å²) in [5, 5.41) is 11.6. The van der Waals surface area contributed by atoms with Crippen molar-refractivity contribution < 1.29 is 26.8 Å². The Kier molecular flexibility index (Phi) is 7.15. The van der Waals surface area contributed by atoms with Gasteiger partial charge < -0.3 is 5.21 Å². The highest BCUT2D eigenvalue weighted by molar-refractivity contribution is 7.98. The molecule has 2 heterocycles. The molecule has 0 saturated carbocycles. The van der Waals surface area contributed by atoms with E-state index in [-0.39, 0.29) is 34.0 Å². The molecule has 39 heavy (non-hydrogen) atoms. The first kappa shape index (κ1) is 26.4. The second kappa shape index (κ2) is 10.5. The van der Waals surface area contributed by atoms with E-state index in [1.165, 1.54) is 42.2 Å². The molecule has 0 amide bonds. The van der Waals surface area contributed by atoms with Crippen LogP contribution in [0.4, 0.5) is 13.2 Å². The van der Waals surface area contributed by atoms with Gasteiger partial charge in [-0.25, -0.2) is 36.5 Å². The smallest absolute Gasteiger partial charge is 0.188 e. The van der Waals surface area contributed by atoms with Crippen molar-refractivity contribution in [1.29, 1.82) is 0 Å².